The highest BCUT2D eigenvalue weighted by Crippen LogP contribution is 2.32. The summed E-state index contributed by atoms with van der Waals surface area (Å²) in [5, 5.41) is 18.0. The maximum atomic E-state index is 12.8. The summed E-state index contributed by atoms with van der Waals surface area (Å²) in [6, 6.07) is 4.61. The Bertz CT molecular complexity index is 1060. The standard InChI is InChI=1S/C19H27N5O6S/c1-6-13(4)21-19(25)15-10-18(23(5)22-15)30-16-8-7-14(24(26)27)9-17(16)31(28,29)20-11-12(2)3/h7-10,12-13,20H,6,11H2,1-5H3,(H,21,25). The summed E-state index contributed by atoms with van der Waals surface area (Å²) >= 11 is 0. The lowest BCUT2D eigenvalue weighted by Crippen LogP contribution is -2.32. The molecule has 0 aliphatic rings. The van der Waals surface area contributed by atoms with Crippen LogP contribution in [-0.2, 0) is 17.1 Å². The first kappa shape index (κ1) is 24.3. The number of aryl methyl sites for hydroxylation is 1. The van der Waals surface area contributed by atoms with Crippen LogP contribution in [-0.4, -0.2) is 41.6 Å². The number of hydrogen-bond acceptors (Lipinski definition) is 7. The van der Waals surface area contributed by atoms with Gasteiger partial charge >= 0.3 is 0 Å². The van der Waals surface area contributed by atoms with Crippen molar-refractivity contribution in [3.05, 3.63) is 40.1 Å². The molecule has 170 valence electrons. The molecule has 0 radical (unpaired) electrons. The number of nitrogens with one attached hydrogen (secondary N) is 2. The van der Waals surface area contributed by atoms with Crippen molar-refractivity contribution in [3.8, 4) is 11.6 Å². The topological polar surface area (TPSA) is 145 Å². The van der Waals surface area contributed by atoms with E-state index in [2.05, 4.69) is 15.1 Å². The van der Waals surface area contributed by atoms with Gasteiger partial charge in [0.05, 0.1) is 4.92 Å². The van der Waals surface area contributed by atoms with Crippen LogP contribution < -0.4 is 14.8 Å². The summed E-state index contributed by atoms with van der Waals surface area (Å²) in [6.07, 6.45) is 0.745. The maximum absolute atomic E-state index is 12.8. The summed E-state index contributed by atoms with van der Waals surface area (Å²) in [5.74, 6) is -0.390. The normalized spacial score (nSPS) is 12.6. The molecule has 1 unspecified atom stereocenters. The highest BCUT2D eigenvalue weighted by Gasteiger charge is 2.25. The van der Waals surface area contributed by atoms with Crippen LogP contribution in [0.15, 0.2) is 29.2 Å². The predicted molar refractivity (Wildman–Crippen MR) is 114 cm³/mol. The fourth-order valence-corrected chi connectivity index (χ4v) is 3.79. The zero-order chi connectivity index (χ0) is 23.3. The minimum Gasteiger partial charge on any atom is -0.438 e. The Hall–Kier alpha value is -2.99. The van der Waals surface area contributed by atoms with Gasteiger partial charge in [0.2, 0.25) is 15.9 Å². The Morgan fingerprint density at radius 3 is 2.55 bits per heavy atom. The maximum Gasteiger partial charge on any atom is 0.272 e. The lowest BCUT2D eigenvalue weighted by Gasteiger charge is -2.13. The van der Waals surface area contributed by atoms with E-state index in [1.54, 1.807) is 0 Å². The molecule has 2 aromatic rings. The van der Waals surface area contributed by atoms with E-state index >= 15 is 0 Å². The van der Waals surface area contributed by atoms with E-state index in [1.165, 1.54) is 23.9 Å². The Morgan fingerprint density at radius 2 is 1.97 bits per heavy atom. The van der Waals surface area contributed by atoms with Gasteiger partial charge in [0.25, 0.3) is 11.6 Å². The van der Waals surface area contributed by atoms with Crippen LogP contribution in [0.4, 0.5) is 5.69 Å². The van der Waals surface area contributed by atoms with Crippen molar-refractivity contribution < 1.29 is 22.9 Å². The van der Waals surface area contributed by atoms with E-state index in [9.17, 15) is 23.3 Å². The molecule has 0 aliphatic heterocycles. The number of hydrogen-bond donors (Lipinski definition) is 2. The third-order valence-electron chi connectivity index (χ3n) is 4.38. The zero-order valence-corrected chi connectivity index (χ0v) is 18.9. The van der Waals surface area contributed by atoms with E-state index in [1.807, 2.05) is 27.7 Å². The van der Waals surface area contributed by atoms with Crippen molar-refractivity contribution in [2.45, 2.75) is 45.1 Å². The molecule has 2 N–H and O–H groups in total. The van der Waals surface area contributed by atoms with E-state index in [-0.39, 0.29) is 40.7 Å². The number of non-ortho nitro benzene ring substituents is 1. The van der Waals surface area contributed by atoms with Crippen LogP contribution in [0.3, 0.4) is 0 Å². The van der Waals surface area contributed by atoms with Gasteiger partial charge in [-0.25, -0.2) is 17.8 Å². The average Bonchev–Trinajstić information content (AvgIpc) is 3.07. The quantitative estimate of drug-likeness (QED) is 0.415. The van der Waals surface area contributed by atoms with Gasteiger partial charge in [-0.15, -0.1) is 0 Å². The van der Waals surface area contributed by atoms with Gasteiger partial charge in [-0.3, -0.25) is 14.9 Å². The molecule has 2 rings (SSSR count). The molecule has 11 nitrogen and oxygen atoms in total. The molecule has 1 aromatic heterocycles. The summed E-state index contributed by atoms with van der Waals surface area (Å²) in [7, 11) is -2.56. The van der Waals surface area contributed by atoms with Gasteiger partial charge in [-0.1, -0.05) is 20.8 Å². The van der Waals surface area contributed by atoms with Crippen molar-refractivity contribution in [2.75, 3.05) is 6.54 Å². The number of ether oxygens (including phenoxy) is 1. The largest absolute Gasteiger partial charge is 0.438 e. The number of amides is 1. The highest BCUT2D eigenvalue weighted by molar-refractivity contribution is 7.89. The van der Waals surface area contributed by atoms with Crippen molar-refractivity contribution in [1.29, 1.82) is 0 Å². The minimum atomic E-state index is -4.09. The molecule has 12 heteroatoms. The van der Waals surface area contributed by atoms with Gasteiger partial charge in [-0.05, 0) is 25.3 Å². The summed E-state index contributed by atoms with van der Waals surface area (Å²) < 4.78 is 35.0. The lowest BCUT2D eigenvalue weighted by molar-refractivity contribution is -0.385. The number of nitrogens with zero attached hydrogens (tertiary/aromatic N) is 3. The molecule has 1 aromatic carbocycles. The fraction of sp³-hybridized carbons (Fsp3) is 0.474. The first-order valence-corrected chi connectivity index (χ1v) is 11.2. The van der Waals surface area contributed by atoms with Crippen molar-refractivity contribution in [1.82, 2.24) is 19.8 Å². The van der Waals surface area contributed by atoms with Gasteiger partial charge in [-0.2, -0.15) is 5.10 Å². The smallest absolute Gasteiger partial charge is 0.272 e. The van der Waals surface area contributed by atoms with Crippen molar-refractivity contribution in [3.63, 3.8) is 0 Å². The average molecular weight is 454 g/mol. The number of rotatable bonds is 10. The van der Waals surface area contributed by atoms with E-state index in [0.717, 1.165) is 18.6 Å². The van der Waals surface area contributed by atoms with Gasteiger partial charge in [0, 0.05) is 37.8 Å². The second-order valence-electron chi connectivity index (χ2n) is 7.51. The second kappa shape index (κ2) is 9.88. The summed E-state index contributed by atoms with van der Waals surface area (Å²) in [6.45, 7) is 7.60. The number of sulfonamides is 1. The van der Waals surface area contributed by atoms with E-state index in [0.29, 0.717) is 0 Å². The second-order valence-corrected chi connectivity index (χ2v) is 9.25. The van der Waals surface area contributed by atoms with Crippen LogP contribution >= 0.6 is 0 Å². The number of benzene rings is 1. The summed E-state index contributed by atoms with van der Waals surface area (Å²) in [4.78, 5) is 22.4. The van der Waals surface area contributed by atoms with Crippen LogP contribution in [0, 0.1) is 16.0 Å². The molecule has 1 heterocycles. The van der Waals surface area contributed by atoms with E-state index < -0.39 is 26.5 Å². The monoisotopic (exact) mass is 453 g/mol. The van der Waals surface area contributed by atoms with Gasteiger partial charge in [0.15, 0.2) is 5.69 Å². The van der Waals surface area contributed by atoms with E-state index in [4.69, 9.17) is 4.74 Å². The Labute approximate surface area is 181 Å². The number of aromatic nitrogens is 2. The number of nitro groups is 1. The first-order chi connectivity index (χ1) is 14.4. The molecule has 1 atom stereocenters. The lowest BCUT2D eigenvalue weighted by atomic mass is 10.2. The molecule has 0 aliphatic carbocycles. The fourth-order valence-electron chi connectivity index (χ4n) is 2.43. The highest BCUT2D eigenvalue weighted by atomic mass is 32.2. The molecular weight excluding hydrogens is 426 g/mol. The molecule has 0 saturated carbocycles. The van der Waals surface area contributed by atoms with Gasteiger partial charge in [0.1, 0.15) is 10.6 Å². The molecule has 1 amide bonds. The molecule has 0 spiro atoms. The van der Waals surface area contributed by atoms with Crippen molar-refractivity contribution >= 4 is 21.6 Å². The number of nitro benzene ring substituents is 1. The molecule has 0 saturated heterocycles. The molecule has 0 bridgehead atoms. The predicted octanol–water partition coefficient (Wildman–Crippen LogP) is 2.58. The molecule has 0 fully saturated rings. The Kier molecular flexibility index (Phi) is 7.74. The SMILES string of the molecule is CCC(C)NC(=O)c1cc(Oc2ccc([N+](=O)[O-])cc2S(=O)(=O)NCC(C)C)n(C)n1. The molecule has 31 heavy (non-hydrogen) atoms. The van der Waals surface area contributed by atoms with Gasteiger partial charge < -0.3 is 10.1 Å². The van der Waals surface area contributed by atoms with Crippen LogP contribution in [0.2, 0.25) is 0 Å². The number of carbonyl (C=O) groups is 1. The summed E-state index contributed by atoms with van der Waals surface area (Å²) in [5.41, 5.74) is -0.294. The van der Waals surface area contributed by atoms with Crippen LogP contribution in [0.5, 0.6) is 11.6 Å². The third-order valence-corrected chi connectivity index (χ3v) is 5.83. The first-order valence-electron chi connectivity index (χ1n) is 9.75. The van der Waals surface area contributed by atoms with Crippen molar-refractivity contribution in [2.24, 2.45) is 13.0 Å². The molecular formula is C19H27N5O6S. The van der Waals surface area contributed by atoms with Crippen LogP contribution in [0.25, 0.3) is 0 Å². The Morgan fingerprint density at radius 1 is 1.29 bits per heavy atom. The number of carbonyl (C=O) groups excluding carboxylic acids is 1. The zero-order valence-electron chi connectivity index (χ0n) is 18.1. The van der Waals surface area contributed by atoms with Crippen LogP contribution in [0.1, 0.15) is 44.6 Å². The minimum absolute atomic E-state index is 0.0292. The Balaban J connectivity index is 2.41. The third kappa shape index (κ3) is 6.25.